The quantitative estimate of drug-likeness (QED) is 0.437. The van der Waals surface area contributed by atoms with E-state index in [0.29, 0.717) is 22.1 Å². The molecule has 4 heteroatoms. The van der Waals surface area contributed by atoms with E-state index in [0.717, 1.165) is 5.56 Å². The number of halogens is 1. The largest absolute Gasteiger partial charge is 0.497 e. The fraction of sp³-hybridized carbons (Fsp3) is 0.105. The highest BCUT2D eigenvalue weighted by Gasteiger charge is 2.11. The summed E-state index contributed by atoms with van der Waals surface area (Å²) in [5.74, 6) is 0.873. The Morgan fingerprint density at radius 1 is 1.00 bits per heavy atom. The average molecular weight is 329 g/mol. The lowest BCUT2D eigenvalue weighted by Crippen LogP contribution is -1.99. The van der Waals surface area contributed by atoms with Gasteiger partial charge < -0.3 is 9.47 Å². The topological polar surface area (TPSA) is 35.5 Å². The van der Waals surface area contributed by atoms with Crippen molar-refractivity contribution in [3.63, 3.8) is 0 Å². The molecule has 2 aromatic carbocycles. The number of hydrogen-bond donors (Lipinski definition) is 0. The number of allylic oxidation sites excluding steroid dienone is 3. The molecule has 0 amide bonds. The van der Waals surface area contributed by atoms with E-state index in [-0.39, 0.29) is 5.78 Å². The van der Waals surface area contributed by atoms with Gasteiger partial charge in [0.05, 0.1) is 19.8 Å². The van der Waals surface area contributed by atoms with Crippen molar-refractivity contribution < 1.29 is 14.3 Å². The van der Waals surface area contributed by atoms with Crippen LogP contribution in [-0.4, -0.2) is 20.0 Å². The first-order chi connectivity index (χ1) is 11.1. The van der Waals surface area contributed by atoms with Crippen LogP contribution in [0.3, 0.4) is 0 Å². The number of carbonyl (C=O) groups excluding carboxylic acids is 1. The maximum atomic E-state index is 12.3. The Hall–Kier alpha value is -2.52. The van der Waals surface area contributed by atoms with Gasteiger partial charge in [-0.25, -0.2) is 0 Å². The van der Waals surface area contributed by atoms with Crippen molar-refractivity contribution in [3.05, 3.63) is 76.8 Å². The molecule has 23 heavy (non-hydrogen) atoms. The summed E-state index contributed by atoms with van der Waals surface area (Å²) in [6.45, 7) is 0. The second kappa shape index (κ2) is 8.20. The summed E-state index contributed by atoms with van der Waals surface area (Å²) in [4.78, 5) is 12.3. The Balaban J connectivity index is 2.20. The van der Waals surface area contributed by atoms with Crippen LogP contribution in [-0.2, 0) is 0 Å². The Bertz CT molecular complexity index is 734. The van der Waals surface area contributed by atoms with Gasteiger partial charge in [0.1, 0.15) is 11.5 Å². The average Bonchev–Trinajstić information content (AvgIpc) is 2.60. The zero-order valence-corrected chi connectivity index (χ0v) is 13.7. The van der Waals surface area contributed by atoms with Crippen molar-refractivity contribution in [2.45, 2.75) is 0 Å². The minimum Gasteiger partial charge on any atom is -0.497 e. The second-order valence-electron chi connectivity index (χ2n) is 4.70. The first-order valence-electron chi connectivity index (χ1n) is 7.00. The molecule has 0 spiro atoms. The van der Waals surface area contributed by atoms with E-state index >= 15 is 0 Å². The van der Waals surface area contributed by atoms with Crippen LogP contribution in [0, 0.1) is 0 Å². The van der Waals surface area contributed by atoms with E-state index in [2.05, 4.69) is 0 Å². The number of methoxy groups -OCH3 is 2. The van der Waals surface area contributed by atoms with Gasteiger partial charge in [-0.05, 0) is 42.0 Å². The number of rotatable bonds is 6. The monoisotopic (exact) mass is 328 g/mol. The molecule has 0 aliphatic carbocycles. The van der Waals surface area contributed by atoms with E-state index < -0.39 is 0 Å². The van der Waals surface area contributed by atoms with Gasteiger partial charge >= 0.3 is 0 Å². The lowest BCUT2D eigenvalue weighted by atomic mass is 10.1. The zero-order valence-electron chi connectivity index (χ0n) is 13.0. The molecule has 0 N–H and O–H groups in total. The van der Waals surface area contributed by atoms with Gasteiger partial charge in [0.15, 0.2) is 5.78 Å². The molecule has 0 bridgehead atoms. The third kappa shape index (κ3) is 4.73. The third-order valence-electron chi connectivity index (χ3n) is 3.17. The van der Waals surface area contributed by atoms with Gasteiger partial charge in [0, 0.05) is 5.03 Å². The summed E-state index contributed by atoms with van der Waals surface area (Å²) in [5.41, 5.74) is 1.39. The van der Waals surface area contributed by atoms with E-state index in [9.17, 15) is 4.79 Å². The molecule has 2 rings (SSSR count). The highest BCUT2D eigenvalue weighted by molar-refractivity contribution is 6.33. The molecule has 0 heterocycles. The predicted octanol–water partition coefficient (Wildman–Crippen LogP) is 4.72. The van der Waals surface area contributed by atoms with Crippen LogP contribution < -0.4 is 9.47 Å². The summed E-state index contributed by atoms with van der Waals surface area (Å²) in [6, 6.07) is 14.7. The van der Waals surface area contributed by atoms with Crippen molar-refractivity contribution in [2.24, 2.45) is 0 Å². The van der Waals surface area contributed by atoms with Gasteiger partial charge in [-0.15, -0.1) is 0 Å². The van der Waals surface area contributed by atoms with Crippen LogP contribution >= 0.6 is 11.6 Å². The van der Waals surface area contributed by atoms with Crippen LogP contribution in [0.25, 0.3) is 6.08 Å². The normalized spacial score (nSPS) is 11.5. The van der Waals surface area contributed by atoms with Crippen LogP contribution in [0.15, 0.2) is 65.7 Å². The minimum atomic E-state index is -0.208. The number of carbonyl (C=O) groups is 1. The third-order valence-corrected chi connectivity index (χ3v) is 3.41. The first kappa shape index (κ1) is 16.8. The van der Waals surface area contributed by atoms with Crippen LogP contribution in [0.2, 0.25) is 0 Å². The van der Waals surface area contributed by atoms with E-state index in [1.165, 1.54) is 13.2 Å². The van der Waals surface area contributed by atoms with Crippen LogP contribution in [0.5, 0.6) is 11.5 Å². The highest BCUT2D eigenvalue weighted by atomic mass is 35.5. The molecule has 0 radical (unpaired) electrons. The molecule has 0 fully saturated rings. The standard InChI is InChI=1S/C19H17ClO3/c1-22-16-9-11-19(23-2)17(13-16)18(21)10-8-15(20)12-14-6-4-3-5-7-14/h3-13H,1-2H3/b10-8+,15-12-. The Labute approximate surface area is 140 Å². The molecular weight excluding hydrogens is 312 g/mol. The number of hydrogen-bond acceptors (Lipinski definition) is 3. The van der Waals surface area contributed by atoms with Crippen LogP contribution in [0.1, 0.15) is 15.9 Å². The summed E-state index contributed by atoms with van der Waals surface area (Å²) in [6.07, 6.45) is 4.77. The van der Waals surface area contributed by atoms with E-state index in [1.807, 2.05) is 30.3 Å². The molecule has 0 atom stereocenters. The maximum absolute atomic E-state index is 12.3. The number of ether oxygens (including phenoxy) is 2. The van der Waals surface area contributed by atoms with Gasteiger partial charge in [-0.3, -0.25) is 4.79 Å². The fourth-order valence-corrected chi connectivity index (χ4v) is 2.20. The van der Waals surface area contributed by atoms with Gasteiger partial charge in [-0.2, -0.15) is 0 Å². The lowest BCUT2D eigenvalue weighted by molar-refractivity contribution is 0.104. The zero-order chi connectivity index (χ0) is 16.7. The van der Waals surface area contributed by atoms with E-state index in [4.69, 9.17) is 21.1 Å². The molecule has 0 unspecified atom stereocenters. The van der Waals surface area contributed by atoms with Crippen molar-refractivity contribution in [3.8, 4) is 11.5 Å². The highest BCUT2D eigenvalue weighted by Crippen LogP contribution is 2.25. The van der Waals surface area contributed by atoms with Crippen molar-refractivity contribution in [1.82, 2.24) is 0 Å². The number of ketones is 1. The van der Waals surface area contributed by atoms with Gasteiger partial charge in [0.25, 0.3) is 0 Å². The fourth-order valence-electron chi connectivity index (χ4n) is 2.01. The molecule has 118 valence electrons. The number of benzene rings is 2. The summed E-state index contributed by atoms with van der Waals surface area (Å²) < 4.78 is 10.4. The van der Waals surface area contributed by atoms with Gasteiger partial charge in [-0.1, -0.05) is 41.9 Å². The minimum absolute atomic E-state index is 0.208. The molecule has 3 nitrogen and oxygen atoms in total. The molecule has 0 saturated heterocycles. The van der Waals surface area contributed by atoms with Crippen LogP contribution in [0.4, 0.5) is 0 Å². The second-order valence-corrected chi connectivity index (χ2v) is 5.14. The summed E-state index contributed by atoms with van der Waals surface area (Å²) >= 11 is 6.15. The van der Waals surface area contributed by atoms with Crippen molar-refractivity contribution in [2.75, 3.05) is 14.2 Å². The molecule has 0 aliphatic rings. The molecule has 0 aliphatic heterocycles. The first-order valence-corrected chi connectivity index (χ1v) is 7.38. The molecule has 2 aromatic rings. The Morgan fingerprint density at radius 3 is 2.39 bits per heavy atom. The Morgan fingerprint density at radius 2 is 1.74 bits per heavy atom. The molecule has 0 aromatic heterocycles. The van der Waals surface area contributed by atoms with Crippen molar-refractivity contribution in [1.29, 1.82) is 0 Å². The van der Waals surface area contributed by atoms with E-state index in [1.54, 1.807) is 37.5 Å². The lowest BCUT2D eigenvalue weighted by Gasteiger charge is -2.07. The summed E-state index contributed by atoms with van der Waals surface area (Å²) in [5, 5.41) is 0.464. The van der Waals surface area contributed by atoms with Gasteiger partial charge in [0.2, 0.25) is 0 Å². The molecular formula is C19H17ClO3. The summed E-state index contributed by atoms with van der Waals surface area (Å²) in [7, 11) is 3.07. The predicted molar refractivity (Wildman–Crippen MR) is 93.3 cm³/mol. The SMILES string of the molecule is COc1ccc(OC)c(C(=O)/C=C/C(Cl)=C/c2ccccc2)c1. The maximum Gasteiger partial charge on any atom is 0.189 e. The smallest absolute Gasteiger partial charge is 0.189 e. The van der Waals surface area contributed by atoms with Crippen molar-refractivity contribution >= 4 is 23.5 Å². The Kier molecular flexibility index (Phi) is 6.01. The molecule has 0 saturated carbocycles.